The van der Waals surface area contributed by atoms with E-state index in [0.29, 0.717) is 10.2 Å². The minimum atomic E-state index is -0.886. The quantitative estimate of drug-likeness (QED) is 0.766. The first-order valence-corrected chi connectivity index (χ1v) is 7.22. The topological polar surface area (TPSA) is 90.9 Å². The summed E-state index contributed by atoms with van der Waals surface area (Å²) in [6.45, 7) is 2.72. The third-order valence-corrected chi connectivity index (χ3v) is 2.93. The van der Waals surface area contributed by atoms with Crippen LogP contribution in [0.15, 0.2) is 22.7 Å². The van der Waals surface area contributed by atoms with Gasteiger partial charge in [0.15, 0.2) is 13.2 Å². The standard InChI is InChI=1S/C14H16BrNO6/c1-3-20-14(19)16-12(17)7-22-13(18)8-21-11-5-4-9(2)6-10(11)15/h4-6H,3,7-8H2,1-2H3,(H,16,17,19). The molecule has 0 aromatic heterocycles. The molecule has 0 saturated carbocycles. The minimum Gasteiger partial charge on any atom is -0.481 e. The molecule has 120 valence electrons. The Bertz CT molecular complexity index is 560. The van der Waals surface area contributed by atoms with Gasteiger partial charge in [-0.05, 0) is 47.5 Å². The van der Waals surface area contributed by atoms with E-state index < -0.39 is 24.6 Å². The molecule has 0 aliphatic carbocycles. The molecule has 2 amide bonds. The number of benzene rings is 1. The van der Waals surface area contributed by atoms with Crippen LogP contribution in [0.2, 0.25) is 0 Å². The molecule has 0 atom stereocenters. The maximum Gasteiger partial charge on any atom is 0.413 e. The molecule has 1 N–H and O–H groups in total. The summed E-state index contributed by atoms with van der Waals surface area (Å²) in [7, 11) is 0. The number of hydrogen-bond donors (Lipinski definition) is 1. The molecule has 0 bridgehead atoms. The number of carbonyl (C=O) groups excluding carboxylic acids is 3. The van der Waals surface area contributed by atoms with Gasteiger partial charge < -0.3 is 14.2 Å². The lowest BCUT2D eigenvalue weighted by atomic mass is 10.2. The number of ether oxygens (including phenoxy) is 3. The number of carbonyl (C=O) groups is 3. The highest BCUT2D eigenvalue weighted by atomic mass is 79.9. The van der Waals surface area contributed by atoms with E-state index in [0.717, 1.165) is 5.56 Å². The van der Waals surface area contributed by atoms with Crippen LogP contribution < -0.4 is 10.1 Å². The lowest BCUT2D eigenvalue weighted by Gasteiger charge is -2.09. The number of rotatable bonds is 6. The van der Waals surface area contributed by atoms with Crippen molar-refractivity contribution in [1.29, 1.82) is 0 Å². The summed E-state index contributed by atoms with van der Waals surface area (Å²) >= 11 is 3.31. The van der Waals surface area contributed by atoms with E-state index in [1.54, 1.807) is 13.0 Å². The second-order valence-electron chi connectivity index (χ2n) is 4.15. The molecule has 1 aromatic rings. The van der Waals surface area contributed by atoms with Crippen molar-refractivity contribution in [2.45, 2.75) is 13.8 Å². The van der Waals surface area contributed by atoms with Crippen LogP contribution in [0, 0.1) is 6.92 Å². The van der Waals surface area contributed by atoms with E-state index in [2.05, 4.69) is 25.4 Å². The molecule has 0 aliphatic rings. The van der Waals surface area contributed by atoms with Crippen LogP contribution in [-0.2, 0) is 19.1 Å². The molecule has 0 fully saturated rings. The second-order valence-corrected chi connectivity index (χ2v) is 5.01. The lowest BCUT2D eigenvalue weighted by molar-refractivity contribution is -0.150. The van der Waals surface area contributed by atoms with Crippen LogP contribution in [-0.4, -0.2) is 37.8 Å². The Balaban J connectivity index is 2.31. The molecule has 0 radical (unpaired) electrons. The number of esters is 1. The monoisotopic (exact) mass is 373 g/mol. The van der Waals surface area contributed by atoms with Crippen molar-refractivity contribution in [2.24, 2.45) is 0 Å². The SMILES string of the molecule is CCOC(=O)NC(=O)COC(=O)COc1ccc(C)cc1Br. The van der Waals surface area contributed by atoms with Crippen LogP contribution in [0.1, 0.15) is 12.5 Å². The van der Waals surface area contributed by atoms with Gasteiger partial charge in [-0.1, -0.05) is 6.07 Å². The number of amides is 2. The van der Waals surface area contributed by atoms with E-state index in [-0.39, 0.29) is 13.2 Å². The summed E-state index contributed by atoms with van der Waals surface area (Å²) in [5.74, 6) is -1.02. The Morgan fingerprint density at radius 3 is 2.55 bits per heavy atom. The highest BCUT2D eigenvalue weighted by Crippen LogP contribution is 2.25. The van der Waals surface area contributed by atoms with Crippen LogP contribution in [0.5, 0.6) is 5.75 Å². The molecule has 0 aliphatic heterocycles. The third-order valence-electron chi connectivity index (χ3n) is 2.31. The zero-order chi connectivity index (χ0) is 16.5. The first kappa shape index (κ1) is 18.0. The lowest BCUT2D eigenvalue weighted by Crippen LogP contribution is -2.35. The summed E-state index contributed by atoms with van der Waals surface area (Å²) < 4.78 is 15.1. The van der Waals surface area contributed by atoms with Crippen LogP contribution in [0.3, 0.4) is 0 Å². The zero-order valence-corrected chi connectivity index (χ0v) is 13.8. The van der Waals surface area contributed by atoms with Gasteiger partial charge in [0.1, 0.15) is 5.75 Å². The van der Waals surface area contributed by atoms with Crippen molar-refractivity contribution >= 4 is 33.9 Å². The van der Waals surface area contributed by atoms with E-state index in [9.17, 15) is 14.4 Å². The highest BCUT2D eigenvalue weighted by Gasteiger charge is 2.12. The number of aryl methyl sites for hydroxylation is 1. The highest BCUT2D eigenvalue weighted by molar-refractivity contribution is 9.10. The van der Waals surface area contributed by atoms with Gasteiger partial charge in [0, 0.05) is 0 Å². The van der Waals surface area contributed by atoms with Crippen molar-refractivity contribution < 1.29 is 28.6 Å². The van der Waals surface area contributed by atoms with Crippen LogP contribution in [0.25, 0.3) is 0 Å². The molecule has 1 rings (SSSR count). The largest absolute Gasteiger partial charge is 0.481 e. The Hall–Kier alpha value is -2.09. The predicted octanol–water partition coefficient (Wildman–Crippen LogP) is 1.95. The van der Waals surface area contributed by atoms with Gasteiger partial charge in [-0.15, -0.1) is 0 Å². The number of hydrogen-bond acceptors (Lipinski definition) is 6. The molecule has 0 unspecified atom stereocenters. The second kappa shape index (κ2) is 9.04. The Labute approximate surface area is 136 Å². The fourth-order valence-corrected chi connectivity index (χ4v) is 1.97. The Morgan fingerprint density at radius 2 is 1.91 bits per heavy atom. The number of halogens is 1. The average molecular weight is 374 g/mol. The molecule has 7 nitrogen and oxygen atoms in total. The zero-order valence-electron chi connectivity index (χ0n) is 12.2. The fourth-order valence-electron chi connectivity index (χ4n) is 1.36. The Morgan fingerprint density at radius 1 is 1.18 bits per heavy atom. The summed E-state index contributed by atoms with van der Waals surface area (Å²) in [4.78, 5) is 33.7. The van der Waals surface area contributed by atoms with E-state index >= 15 is 0 Å². The Kier molecular flexibility index (Phi) is 7.38. The molecule has 0 spiro atoms. The van der Waals surface area contributed by atoms with Crippen molar-refractivity contribution in [3.05, 3.63) is 28.2 Å². The minimum absolute atomic E-state index is 0.137. The molecular weight excluding hydrogens is 358 g/mol. The van der Waals surface area contributed by atoms with Gasteiger partial charge in [-0.25, -0.2) is 9.59 Å². The first-order chi connectivity index (χ1) is 10.4. The van der Waals surface area contributed by atoms with E-state index in [1.807, 2.05) is 24.4 Å². The predicted molar refractivity (Wildman–Crippen MR) is 80.5 cm³/mol. The average Bonchev–Trinajstić information content (AvgIpc) is 2.44. The van der Waals surface area contributed by atoms with Gasteiger partial charge in [-0.2, -0.15) is 0 Å². The van der Waals surface area contributed by atoms with Crippen molar-refractivity contribution in [3.63, 3.8) is 0 Å². The third kappa shape index (κ3) is 6.57. The summed E-state index contributed by atoms with van der Waals surface area (Å²) in [6, 6.07) is 5.38. The summed E-state index contributed by atoms with van der Waals surface area (Å²) in [5, 5.41) is 1.90. The van der Waals surface area contributed by atoms with Gasteiger partial charge >= 0.3 is 12.1 Å². The van der Waals surface area contributed by atoms with Crippen molar-refractivity contribution in [1.82, 2.24) is 5.32 Å². The maximum absolute atomic E-state index is 11.5. The molecule has 1 aromatic carbocycles. The summed E-state index contributed by atoms with van der Waals surface area (Å²) in [5.41, 5.74) is 1.04. The van der Waals surface area contributed by atoms with E-state index in [4.69, 9.17) is 4.74 Å². The molecule has 0 saturated heterocycles. The van der Waals surface area contributed by atoms with Gasteiger partial charge in [0.25, 0.3) is 5.91 Å². The fraction of sp³-hybridized carbons (Fsp3) is 0.357. The van der Waals surface area contributed by atoms with Crippen LogP contribution >= 0.6 is 15.9 Å². The van der Waals surface area contributed by atoms with Crippen molar-refractivity contribution in [3.8, 4) is 5.75 Å². The molecule has 8 heteroatoms. The molecule has 22 heavy (non-hydrogen) atoms. The van der Waals surface area contributed by atoms with Crippen molar-refractivity contribution in [2.75, 3.05) is 19.8 Å². The number of nitrogens with one attached hydrogen (secondary N) is 1. The number of alkyl carbamates (subject to hydrolysis) is 1. The summed E-state index contributed by atoms with van der Waals surface area (Å²) in [6.07, 6.45) is -0.886. The van der Waals surface area contributed by atoms with Gasteiger partial charge in [0.05, 0.1) is 11.1 Å². The normalized spacial score (nSPS) is 9.77. The smallest absolute Gasteiger partial charge is 0.413 e. The maximum atomic E-state index is 11.5. The number of imide groups is 1. The molecule has 0 heterocycles. The van der Waals surface area contributed by atoms with Gasteiger partial charge in [-0.3, -0.25) is 10.1 Å². The van der Waals surface area contributed by atoms with Gasteiger partial charge in [0.2, 0.25) is 0 Å². The van der Waals surface area contributed by atoms with E-state index in [1.165, 1.54) is 0 Å². The molecular formula is C14H16BrNO6. The van der Waals surface area contributed by atoms with Crippen LogP contribution in [0.4, 0.5) is 4.79 Å². The first-order valence-electron chi connectivity index (χ1n) is 6.43.